The smallest absolute Gasteiger partial charge is 0.123 e. The van der Waals surface area contributed by atoms with Crippen molar-refractivity contribution >= 4 is 17.2 Å². The van der Waals surface area contributed by atoms with Gasteiger partial charge in [0, 0.05) is 31.1 Å². The summed E-state index contributed by atoms with van der Waals surface area (Å²) >= 11 is 5.03. The van der Waals surface area contributed by atoms with Crippen LogP contribution in [0.2, 0.25) is 0 Å². The summed E-state index contributed by atoms with van der Waals surface area (Å²) in [7, 11) is 0. The molecule has 1 saturated carbocycles. The van der Waals surface area contributed by atoms with E-state index in [0.29, 0.717) is 23.4 Å². The second kappa shape index (κ2) is 5.39. The van der Waals surface area contributed by atoms with E-state index in [-0.39, 0.29) is 11.9 Å². The van der Waals surface area contributed by atoms with E-state index >= 15 is 0 Å². The quantitative estimate of drug-likeness (QED) is 0.833. The minimum absolute atomic E-state index is 0.174. The van der Waals surface area contributed by atoms with Gasteiger partial charge in [0.15, 0.2) is 0 Å². The molecule has 1 saturated heterocycles. The van der Waals surface area contributed by atoms with Gasteiger partial charge in [0.25, 0.3) is 0 Å². The Morgan fingerprint density at radius 2 is 2.20 bits per heavy atom. The van der Waals surface area contributed by atoms with Crippen LogP contribution < -0.4 is 5.73 Å². The molecule has 1 aromatic carbocycles. The molecule has 20 heavy (non-hydrogen) atoms. The molecule has 3 atom stereocenters. The monoisotopic (exact) mass is 294 g/mol. The molecule has 3 N–H and O–H groups in total. The number of nitrogens with zero attached hydrogens (tertiary/aromatic N) is 1. The third-order valence-corrected chi connectivity index (χ3v) is 4.84. The zero-order valence-corrected chi connectivity index (χ0v) is 12.1. The van der Waals surface area contributed by atoms with Crippen molar-refractivity contribution in [1.29, 1.82) is 0 Å². The standard InChI is InChI=1S/C15H19FN2OS/c16-11-2-3-12(15(17)20)10(5-11)7-18-6-9-1-4-14(19)13(9)8-18/h2-3,5,9,13-14,19H,1,4,6-8H2,(H2,17,20). The molecule has 5 heteroatoms. The lowest BCUT2D eigenvalue weighted by Crippen LogP contribution is -2.26. The Kier molecular flexibility index (Phi) is 3.75. The number of rotatable bonds is 3. The Hall–Kier alpha value is -1.04. The number of fused-ring (bicyclic) bond motifs is 1. The molecule has 3 rings (SSSR count). The first kappa shape index (κ1) is 13.9. The largest absolute Gasteiger partial charge is 0.393 e. The van der Waals surface area contributed by atoms with Crippen molar-refractivity contribution in [2.75, 3.05) is 13.1 Å². The Morgan fingerprint density at radius 1 is 1.40 bits per heavy atom. The normalized spacial score (nSPS) is 29.6. The van der Waals surface area contributed by atoms with Crippen LogP contribution in [-0.2, 0) is 6.54 Å². The van der Waals surface area contributed by atoms with Crippen LogP contribution >= 0.6 is 12.2 Å². The number of aliphatic hydroxyl groups is 1. The van der Waals surface area contributed by atoms with Crippen LogP contribution in [0.1, 0.15) is 24.0 Å². The summed E-state index contributed by atoms with van der Waals surface area (Å²) in [4.78, 5) is 2.58. The Bertz CT molecular complexity index is 537. The van der Waals surface area contributed by atoms with Crippen molar-refractivity contribution in [3.63, 3.8) is 0 Å². The molecule has 2 fully saturated rings. The summed E-state index contributed by atoms with van der Waals surface area (Å²) in [5, 5.41) is 9.94. The average Bonchev–Trinajstić information content (AvgIpc) is 2.92. The molecule has 0 radical (unpaired) electrons. The lowest BCUT2D eigenvalue weighted by molar-refractivity contribution is 0.123. The first-order chi connectivity index (χ1) is 9.54. The molecular weight excluding hydrogens is 275 g/mol. The molecule has 3 unspecified atom stereocenters. The van der Waals surface area contributed by atoms with Crippen molar-refractivity contribution in [3.8, 4) is 0 Å². The van der Waals surface area contributed by atoms with Crippen molar-refractivity contribution in [3.05, 3.63) is 35.1 Å². The number of hydrogen-bond donors (Lipinski definition) is 2. The molecule has 0 aromatic heterocycles. The maximum atomic E-state index is 13.4. The highest BCUT2D eigenvalue weighted by Gasteiger charge is 2.41. The Labute approximate surface area is 123 Å². The molecule has 1 heterocycles. The van der Waals surface area contributed by atoms with Gasteiger partial charge in [-0.25, -0.2) is 4.39 Å². The zero-order chi connectivity index (χ0) is 14.3. The van der Waals surface area contributed by atoms with E-state index in [2.05, 4.69) is 4.90 Å². The highest BCUT2D eigenvalue weighted by Crippen LogP contribution is 2.38. The second-order valence-corrected chi connectivity index (χ2v) is 6.37. The molecular formula is C15H19FN2OS. The molecule has 0 amide bonds. The Balaban J connectivity index is 1.76. The van der Waals surface area contributed by atoms with Gasteiger partial charge in [-0.1, -0.05) is 12.2 Å². The minimum atomic E-state index is -0.264. The number of benzene rings is 1. The van der Waals surface area contributed by atoms with Crippen LogP contribution in [0.5, 0.6) is 0 Å². The topological polar surface area (TPSA) is 49.5 Å². The SMILES string of the molecule is NC(=S)c1ccc(F)cc1CN1CC2CCC(O)C2C1. The van der Waals surface area contributed by atoms with Crippen molar-refractivity contribution in [2.45, 2.75) is 25.5 Å². The van der Waals surface area contributed by atoms with Crippen molar-refractivity contribution in [1.82, 2.24) is 4.90 Å². The van der Waals surface area contributed by atoms with Gasteiger partial charge in [-0.05, 0) is 42.5 Å². The van der Waals surface area contributed by atoms with Gasteiger partial charge >= 0.3 is 0 Å². The van der Waals surface area contributed by atoms with E-state index < -0.39 is 0 Å². The number of aliphatic hydroxyl groups excluding tert-OH is 1. The maximum Gasteiger partial charge on any atom is 0.123 e. The fourth-order valence-electron chi connectivity index (χ4n) is 3.63. The highest BCUT2D eigenvalue weighted by molar-refractivity contribution is 7.80. The fourth-order valence-corrected chi connectivity index (χ4v) is 3.83. The van der Waals surface area contributed by atoms with Crippen LogP contribution in [-0.4, -0.2) is 34.2 Å². The summed E-state index contributed by atoms with van der Waals surface area (Å²) in [6.07, 6.45) is 1.84. The molecule has 108 valence electrons. The second-order valence-electron chi connectivity index (χ2n) is 5.93. The molecule has 3 nitrogen and oxygen atoms in total. The number of likely N-dealkylation sites (tertiary alicyclic amines) is 1. The van der Waals surface area contributed by atoms with Crippen LogP contribution in [0.15, 0.2) is 18.2 Å². The molecule has 2 aliphatic rings. The predicted octanol–water partition coefficient (Wildman–Crippen LogP) is 1.66. The van der Waals surface area contributed by atoms with Crippen molar-refractivity contribution in [2.24, 2.45) is 17.6 Å². The zero-order valence-electron chi connectivity index (χ0n) is 11.3. The van der Waals surface area contributed by atoms with Crippen LogP contribution in [0.4, 0.5) is 4.39 Å². The summed E-state index contributed by atoms with van der Waals surface area (Å²) in [6.45, 7) is 2.48. The molecule has 0 bridgehead atoms. The summed E-state index contributed by atoms with van der Waals surface area (Å²) in [6, 6.07) is 4.55. The van der Waals surface area contributed by atoms with Gasteiger partial charge < -0.3 is 10.8 Å². The van der Waals surface area contributed by atoms with Gasteiger partial charge in [0.05, 0.1) is 6.10 Å². The molecule has 1 aliphatic carbocycles. The molecule has 0 spiro atoms. The van der Waals surface area contributed by atoms with E-state index in [1.807, 2.05) is 0 Å². The third kappa shape index (κ3) is 2.57. The van der Waals surface area contributed by atoms with Crippen LogP contribution in [0, 0.1) is 17.7 Å². The van der Waals surface area contributed by atoms with Gasteiger partial charge in [-0.15, -0.1) is 0 Å². The van der Waals surface area contributed by atoms with Crippen molar-refractivity contribution < 1.29 is 9.50 Å². The lowest BCUT2D eigenvalue weighted by Gasteiger charge is -2.19. The van der Waals surface area contributed by atoms with Crippen LogP contribution in [0.3, 0.4) is 0 Å². The summed E-state index contributed by atoms with van der Waals surface area (Å²) < 4.78 is 13.4. The van der Waals surface area contributed by atoms with Crippen LogP contribution in [0.25, 0.3) is 0 Å². The van der Waals surface area contributed by atoms with E-state index in [9.17, 15) is 9.50 Å². The van der Waals surface area contributed by atoms with Gasteiger partial charge in [-0.3, -0.25) is 4.90 Å². The van der Waals surface area contributed by atoms with Gasteiger partial charge in [0.1, 0.15) is 10.8 Å². The van der Waals surface area contributed by atoms with E-state index in [1.165, 1.54) is 12.1 Å². The van der Waals surface area contributed by atoms with E-state index in [4.69, 9.17) is 18.0 Å². The number of thiocarbonyl (C=S) groups is 1. The number of halogens is 1. The van der Waals surface area contributed by atoms with E-state index in [0.717, 1.165) is 37.1 Å². The maximum absolute atomic E-state index is 13.4. The Morgan fingerprint density at radius 3 is 2.90 bits per heavy atom. The first-order valence-electron chi connectivity index (χ1n) is 7.03. The molecule has 1 aromatic rings. The number of nitrogens with two attached hydrogens (primary N) is 1. The third-order valence-electron chi connectivity index (χ3n) is 4.62. The minimum Gasteiger partial charge on any atom is -0.393 e. The summed E-state index contributed by atoms with van der Waals surface area (Å²) in [5.41, 5.74) is 7.29. The van der Waals surface area contributed by atoms with Gasteiger partial charge in [0.2, 0.25) is 0 Å². The predicted molar refractivity (Wildman–Crippen MR) is 79.8 cm³/mol. The van der Waals surface area contributed by atoms with E-state index in [1.54, 1.807) is 6.07 Å². The first-order valence-corrected chi connectivity index (χ1v) is 7.44. The average molecular weight is 294 g/mol. The van der Waals surface area contributed by atoms with Gasteiger partial charge in [-0.2, -0.15) is 0 Å². The number of hydrogen-bond acceptors (Lipinski definition) is 3. The molecule has 1 aliphatic heterocycles. The highest BCUT2D eigenvalue weighted by atomic mass is 32.1. The fraction of sp³-hybridized carbons (Fsp3) is 0.533. The lowest BCUT2D eigenvalue weighted by atomic mass is 10.00. The summed E-state index contributed by atoms with van der Waals surface area (Å²) in [5.74, 6) is 0.683.